The minimum atomic E-state index is -0.198. The number of rotatable bonds is 5. The summed E-state index contributed by atoms with van der Waals surface area (Å²) >= 11 is 5.89. The van der Waals surface area contributed by atoms with Crippen LogP contribution in [-0.4, -0.2) is 40.5 Å². The van der Waals surface area contributed by atoms with Gasteiger partial charge in [0.1, 0.15) is 0 Å². The number of hydroxylamine groups is 2. The molecule has 7 heteroatoms. The van der Waals surface area contributed by atoms with Gasteiger partial charge in [0, 0.05) is 24.4 Å². The molecule has 1 unspecified atom stereocenters. The molecular weight excluding hydrogens is 280 g/mol. The Bertz CT molecular complexity index is 556. The Balaban J connectivity index is 2.26. The average molecular weight is 295 g/mol. The van der Waals surface area contributed by atoms with Gasteiger partial charge < -0.3 is 0 Å². The van der Waals surface area contributed by atoms with Crippen LogP contribution in [0, 0.1) is 0 Å². The van der Waals surface area contributed by atoms with Crippen molar-refractivity contribution in [1.82, 2.24) is 20.5 Å². The highest BCUT2D eigenvalue weighted by Crippen LogP contribution is 2.27. The maximum atomic E-state index is 12.0. The molecule has 2 rings (SSSR count). The van der Waals surface area contributed by atoms with Crippen LogP contribution in [0.2, 0.25) is 5.02 Å². The monoisotopic (exact) mass is 294 g/mol. The molecule has 1 N–H and O–H groups in total. The molecule has 20 heavy (non-hydrogen) atoms. The number of benzene rings is 1. The van der Waals surface area contributed by atoms with Gasteiger partial charge in [0.2, 0.25) is 5.91 Å². The Kier molecular flexibility index (Phi) is 4.70. The van der Waals surface area contributed by atoms with Crippen molar-refractivity contribution in [3.8, 4) is 0 Å². The highest BCUT2D eigenvalue weighted by molar-refractivity contribution is 6.30. The third-order valence-electron chi connectivity index (χ3n) is 3.07. The van der Waals surface area contributed by atoms with E-state index >= 15 is 0 Å². The molecule has 0 aliphatic heterocycles. The minimum absolute atomic E-state index is 0.143. The second-order valence-electron chi connectivity index (χ2n) is 4.28. The Morgan fingerprint density at radius 1 is 1.45 bits per heavy atom. The van der Waals surface area contributed by atoms with E-state index in [1.54, 1.807) is 25.4 Å². The summed E-state index contributed by atoms with van der Waals surface area (Å²) in [6, 6.07) is 7.33. The zero-order valence-corrected chi connectivity index (χ0v) is 12.0. The fourth-order valence-corrected chi connectivity index (χ4v) is 2.00. The predicted octanol–water partition coefficient (Wildman–Crippen LogP) is 2.00. The summed E-state index contributed by atoms with van der Waals surface area (Å²) in [5.41, 5.74) is 1.64. The summed E-state index contributed by atoms with van der Waals surface area (Å²) in [6.45, 7) is 0. The van der Waals surface area contributed by atoms with Crippen LogP contribution in [0.15, 0.2) is 30.5 Å². The minimum Gasteiger partial charge on any atom is -0.275 e. The third kappa shape index (κ3) is 3.34. The molecule has 6 nitrogen and oxygen atoms in total. The van der Waals surface area contributed by atoms with E-state index in [2.05, 4.69) is 15.4 Å². The van der Waals surface area contributed by atoms with Gasteiger partial charge in [-0.25, -0.2) is 5.06 Å². The number of amides is 1. The predicted molar refractivity (Wildman–Crippen MR) is 74.1 cm³/mol. The van der Waals surface area contributed by atoms with Crippen LogP contribution in [0.3, 0.4) is 0 Å². The average Bonchev–Trinajstić information content (AvgIpc) is 2.98. The highest BCUT2D eigenvalue weighted by Gasteiger charge is 2.22. The highest BCUT2D eigenvalue weighted by atomic mass is 35.5. The second kappa shape index (κ2) is 6.49. The molecule has 1 aromatic heterocycles. The summed E-state index contributed by atoms with van der Waals surface area (Å²) in [5.74, 6) is -0.341. The zero-order valence-electron chi connectivity index (χ0n) is 11.2. The summed E-state index contributed by atoms with van der Waals surface area (Å²) in [6.07, 6.45) is 1.85. The molecule has 0 saturated heterocycles. The van der Waals surface area contributed by atoms with Crippen molar-refractivity contribution in [2.45, 2.75) is 12.3 Å². The number of aromatic nitrogens is 3. The van der Waals surface area contributed by atoms with Crippen molar-refractivity contribution >= 4 is 17.5 Å². The Labute approximate surface area is 121 Å². The number of halogens is 1. The molecule has 0 fully saturated rings. The van der Waals surface area contributed by atoms with E-state index in [4.69, 9.17) is 16.4 Å². The summed E-state index contributed by atoms with van der Waals surface area (Å²) in [7, 11) is 3.02. The lowest BCUT2D eigenvalue weighted by atomic mass is 9.92. The number of hydrogen-bond donors (Lipinski definition) is 1. The molecule has 0 spiro atoms. The van der Waals surface area contributed by atoms with Crippen LogP contribution < -0.4 is 0 Å². The molecule has 1 amide bonds. The molecule has 0 bridgehead atoms. The Morgan fingerprint density at radius 3 is 2.70 bits per heavy atom. The summed E-state index contributed by atoms with van der Waals surface area (Å²) < 4.78 is 0. The molecule has 0 aliphatic carbocycles. The molecule has 1 atom stereocenters. The first kappa shape index (κ1) is 14.5. The molecule has 0 aliphatic rings. The topological polar surface area (TPSA) is 71.1 Å². The molecule has 0 radical (unpaired) electrons. The van der Waals surface area contributed by atoms with E-state index in [0.717, 1.165) is 5.56 Å². The van der Waals surface area contributed by atoms with Crippen LogP contribution in [0.4, 0.5) is 0 Å². The zero-order chi connectivity index (χ0) is 14.5. The Morgan fingerprint density at radius 2 is 2.15 bits per heavy atom. The number of nitrogens with zero attached hydrogens (tertiary/aromatic N) is 3. The van der Waals surface area contributed by atoms with Crippen molar-refractivity contribution in [3.63, 3.8) is 0 Å². The number of hydrogen-bond acceptors (Lipinski definition) is 4. The van der Waals surface area contributed by atoms with E-state index in [-0.39, 0.29) is 18.2 Å². The van der Waals surface area contributed by atoms with Crippen LogP contribution >= 0.6 is 11.6 Å². The smallest absolute Gasteiger partial charge is 0.246 e. The van der Waals surface area contributed by atoms with Crippen LogP contribution in [0.1, 0.15) is 23.6 Å². The molecule has 0 saturated carbocycles. The maximum absolute atomic E-state index is 12.0. The number of aromatic amines is 1. The maximum Gasteiger partial charge on any atom is 0.246 e. The van der Waals surface area contributed by atoms with Crippen LogP contribution in [0.5, 0.6) is 0 Å². The molecular formula is C13H15ClN4O2. The van der Waals surface area contributed by atoms with Crippen molar-refractivity contribution in [1.29, 1.82) is 0 Å². The van der Waals surface area contributed by atoms with Gasteiger partial charge in [-0.1, -0.05) is 23.7 Å². The number of carbonyl (C=O) groups excluding carboxylic acids is 1. The fraction of sp³-hybridized carbons (Fsp3) is 0.308. The normalized spacial score (nSPS) is 12.2. The van der Waals surface area contributed by atoms with Crippen molar-refractivity contribution < 1.29 is 9.63 Å². The standard InChI is InChI=1S/C13H15ClN4O2/c1-18(20-2)13(19)7-11(12-8-15-17-16-12)9-3-5-10(14)6-4-9/h3-6,8,11H,7H2,1-2H3,(H,15,16,17). The van der Waals surface area contributed by atoms with Gasteiger partial charge in [0.05, 0.1) is 19.0 Å². The van der Waals surface area contributed by atoms with E-state index in [0.29, 0.717) is 10.7 Å². The fourth-order valence-electron chi connectivity index (χ4n) is 1.87. The lowest BCUT2D eigenvalue weighted by molar-refractivity contribution is -0.168. The lowest BCUT2D eigenvalue weighted by Gasteiger charge is -2.18. The number of H-pyrrole nitrogens is 1. The number of carbonyl (C=O) groups is 1. The van der Waals surface area contributed by atoms with Gasteiger partial charge in [-0.15, -0.1) is 0 Å². The van der Waals surface area contributed by atoms with Gasteiger partial charge >= 0.3 is 0 Å². The van der Waals surface area contributed by atoms with E-state index < -0.39 is 0 Å². The van der Waals surface area contributed by atoms with E-state index in [1.165, 1.54) is 12.2 Å². The summed E-state index contributed by atoms with van der Waals surface area (Å²) in [4.78, 5) is 16.9. The molecule has 106 valence electrons. The molecule has 1 heterocycles. The van der Waals surface area contributed by atoms with Crippen LogP contribution in [-0.2, 0) is 9.63 Å². The second-order valence-corrected chi connectivity index (χ2v) is 4.71. The largest absolute Gasteiger partial charge is 0.275 e. The molecule has 2 aromatic rings. The lowest BCUT2D eigenvalue weighted by Crippen LogP contribution is -2.27. The van der Waals surface area contributed by atoms with Crippen molar-refractivity contribution in [3.05, 3.63) is 46.7 Å². The van der Waals surface area contributed by atoms with Crippen molar-refractivity contribution in [2.24, 2.45) is 0 Å². The summed E-state index contributed by atoms with van der Waals surface area (Å²) in [5, 5.41) is 12.3. The first-order valence-corrected chi connectivity index (χ1v) is 6.41. The van der Waals surface area contributed by atoms with Gasteiger partial charge in [-0.3, -0.25) is 9.63 Å². The first-order valence-electron chi connectivity index (χ1n) is 6.03. The van der Waals surface area contributed by atoms with E-state index in [9.17, 15) is 4.79 Å². The van der Waals surface area contributed by atoms with Gasteiger partial charge in [-0.05, 0) is 17.7 Å². The first-order chi connectivity index (χ1) is 9.61. The molecule has 1 aromatic carbocycles. The Hall–Kier alpha value is -1.92. The van der Waals surface area contributed by atoms with Gasteiger partial charge in [0.25, 0.3) is 0 Å². The van der Waals surface area contributed by atoms with E-state index in [1.807, 2.05) is 12.1 Å². The SMILES string of the molecule is CON(C)C(=O)CC(c1ccc(Cl)cc1)c1cn[nH]n1. The van der Waals surface area contributed by atoms with Crippen molar-refractivity contribution in [2.75, 3.05) is 14.2 Å². The quantitative estimate of drug-likeness (QED) is 0.856. The van der Waals surface area contributed by atoms with Gasteiger partial charge in [-0.2, -0.15) is 15.4 Å². The van der Waals surface area contributed by atoms with Crippen LogP contribution in [0.25, 0.3) is 0 Å². The number of nitrogens with one attached hydrogen (secondary N) is 1. The van der Waals surface area contributed by atoms with Gasteiger partial charge in [0.15, 0.2) is 0 Å². The third-order valence-corrected chi connectivity index (χ3v) is 3.32.